The largest absolute Gasteiger partial charge is 0.481 e. The Morgan fingerprint density at radius 3 is 2.53 bits per heavy atom. The first-order chi connectivity index (χ1) is 7.20. The van der Waals surface area contributed by atoms with E-state index in [2.05, 4.69) is 13.8 Å². The van der Waals surface area contributed by atoms with Crippen LogP contribution in [0.5, 0.6) is 0 Å². The summed E-state index contributed by atoms with van der Waals surface area (Å²) < 4.78 is 0. The van der Waals surface area contributed by atoms with Crippen LogP contribution in [0.2, 0.25) is 0 Å². The summed E-state index contributed by atoms with van der Waals surface area (Å²) in [5, 5.41) is 9.27. The monoisotopic (exact) mass is 212 g/mol. The van der Waals surface area contributed by atoms with Crippen molar-refractivity contribution in [3.05, 3.63) is 0 Å². The summed E-state index contributed by atoms with van der Waals surface area (Å²) >= 11 is 0. The van der Waals surface area contributed by atoms with Crippen LogP contribution in [0.3, 0.4) is 0 Å². The van der Waals surface area contributed by atoms with E-state index in [1.807, 2.05) is 0 Å². The average Bonchev–Trinajstić information content (AvgIpc) is 2.25. The minimum absolute atomic E-state index is 0.0831. The minimum atomic E-state index is -0.567. The van der Waals surface area contributed by atoms with E-state index >= 15 is 0 Å². The Kier molecular flexibility index (Phi) is 5.13. The van der Waals surface area contributed by atoms with Gasteiger partial charge in [0.15, 0.2) is 0 Å². The van der Waals surface area contributed by atoms with Crippen LogP contribution >= 0.6 is 0 Å². The van der Waals surface area contributed by atoms with Gasteiger partial charge in [0.05, 0.1) is 5.92 Å². The minimum Gasteiger partial charge on any atom is -0.481 e. The standard InChI is InChI=1S/C13H24O2/c1-3-7-12(13(14)15)11-9-6-5-8-10(11)4-2/h10-12H,3-9H2,1-2H3,(H,14,15). The lowest BCUT2D eigenvalue weighted by Gasteiger charge is -2.34. The van der Waals surface area contributed by atoms with E-state index in [1.165, 1.54) is 19.3 Å². The van der Waals surface area contributed by atoms with Crippen molar-refractivity contribution in [1.82, 2.24) is 0 Å². The molecule has 1 saturated carbocycles. The summed E-state index contributed by atoms with van der Waals surface area (Å²) in [6.45, 7) is 4.29. The first-order valence-corrected chi connectivity index (χ1v) is 6.43. The molecule has 1 aliphatic carbocycles. The SMILES string of the molecule is CCCC(C(=O)O)C1CCCCC1CC. The Bertz CT molecular complexity index is 201. The van der Waals surface area contributed by atoms with Gasteiger partial charge in [-0.15, -0.1) is 0 Å². The maximum Gasteiger partial charge on any atom is 0.306 e. The van der Waals surface area contributed by atoms with Crippen molar-refractivity contribution in [2.45, 2.75) is 58.8 Å². The van der Waals surface area contributed by atoms with E-state index in [9.17, 15) is 9.90 Å². The van der Waals surface area contributed by atoms with Crippen LogP contribution in [-0.4, -0.2) is 11.1 Å². The summed E-state index contributed by atoms with van der Waals surface area (Å²) in [4.78, 5) is 11.3. The molecule has 3 atom stereocenters. The van der Waals surface area contributed by atoms with Crippen molar-refractivity contribution >= 4 is 5.97 Å². The second-order valence-electron chi connectivity index (χ2n) is 4.85. The number of carbonyl (C=O) groups is 1. The molecule has 2 heteroatoms. The first kappa shape index (κ1) is 12.5. The maximum atomic E-state index is 11.3. The summed E-state index contributed by atoms with van der Waals surface area (Å²) in [6, 6.07) is 0. The van der Waals surface area contributed by atoms with Gasteiger partial charge >= 0.3 is 5.97 Å². The zero-order valence-electron chi connectivity index (χ0n) is 10.0. The number of hydrogen-bond acceptors (Lipinski definition) is 1. The van der Waals surface area contributed by atoms with Gasteiger partial charge in [0.1, 0.15) is 0 Å². The smallest absolute Gasteiger partial charge is 0.306 e. The molecule has 15 heavy (non-hydrogen) atoms. The van der Waals surface area contributed by atoms with Gasteiger partial charge in [0.25, 0.3) is 0 Å². The van der Waals surface area contributed by atoms with Gasteiger partial charge in [-0.3, -0.25) is 4.79 Å². The molecule has 0 spiro atoms. The van der Waals surface area contributed by atoms with E-state index in [1.54, 1.807) is 0 Å². The molecule has 0 aromatic carbocycles. The molecule has 1 aliphatic rings. The summed E-state index contributed by atoms with van der Waals surface area (Å²) in [5.41, 5.74) is 0. The van der Waals surface area contributed by atoms with Crippen LogP contribution in [0.15, 0.2) is 0 Å². The van der Waals surface area contributed by atoms with Gasteiger partial charge in [-0.05, 0) is 24.7 Å². The van der Waals surface area contributed by atoms with E-state index in [0.717, 1.165) is 25.7 Å². The van der Waals surface area contributed by atoms with Gasteiger partial charge in [0.2, 0.25) is 0 Å². The Labute approximate surface area is 93.1 Å². The zero-order chi connectivity index (χ0) is 11.3. The van der Waals surface area contributed by atoms with Gasteiger partial charge in [0, 0.05) is 0 Å². The molecule has 0 heterocycles. The van der Waals surface area contributed by atoms with Gasteiger partial charge in [-0.25, -0.2) is 0 Å². The third-order valence-corrected chi connectivity index (χ3v) is 3.93. The molecule has 2 nitrogen and oxygen atoms in total. The molecule has 0 aliphatic heterocycles. The lowest BCUT2D eigenvalue weighted by Crippen LogP contribution is -2.31. The second kappa shape index (κ2) is 6.14. The molecule has 0 amide bonds. The first-order valence-electron chi connectivity index (χ1n) is 6.43. The highest BCUT2D eigenvalue weighted by atomic mass is 16.4. The van der Waals surface area contributed by atoms with Crippen molar-refractivity contribution < 1.29 is 9.90 Å². The topological polar surface area (TPSA) is 37.3 Å². The molecule has 0 radical (unpaired) electrons. The molecule has 1 N–H and O–H groups in total. The van der Waals surface area contributed by atoms with Crippen LogP contribution in [0, 0.1) is 17.8 Å². The second-order valence-corrected chi connectivity index (χ2v) is 4.85. The number of hydrogen-bond donors (Lipinski definition) is 1. The molecular weight excluding hydrogens is 188 g/mol. The molecule has 88 valence electrons. The van der Waals surface area contributed by atoms with Crippen LogP contribution in [-0.2, 0) is 4.79 Å². The predicted molar refractivity (Wildman–Crippen MR) is 61.8 cm³/mol. The molecular formula is C13H24O2. The zero-order valence-corrected chi connectivity index (χ0v) is 10.0. The van der Waals surface area contributed by atoms with Gasteiger partial charge in [-0.1, -0.05) is 46.0 Å². The molecule has 0 aromatic heterocycles. The third kappa shape index (κ3) is 3.22. The fraction of sp³-hybridized carbons (Fsp3) is 0.923. The lowest BCUT2D eigenvalue weighted by atomic mass is 9.70. The predicted octanol–water partition coefficient (Wildman–Crippen LogP) is 3.70. The highest BCUT2D eigenvalue weighted by molar-refractivity contribution is 5.70. The average molecular weight is 212 g/mol. The Morgan fingerprint density at radius 2 is 2.00 bits per heavy atom. The highest BCUT2D eigenvalue weighted by Crippen LogP contribution is 2.38. The van der Waals surface area contributed by atoms with Crippen molar-refractivity contribution in [3.8, 4) is 0 Å². The quantitative estimate of drug-likeness (QED) is 0.754. The maximum absolute atomic E-state index is 11.3. The molecule has 0 saturated heterocycles. The van der Waals surface area contributed by atoms with Crippen molar-refractivity contribution in [3.63, 3.8) is 0 Å². The third-order valence-electron chi connectivity index (χ3n) is 3.93. The van der Waals surface area contributed by atoms with Crippen molar-refractivity contribution in [2.75, 3.05) is 0 Å². The van der Waals surface area contributed by atoms with Crippen LogP contribution < -0.4 is 0 Å². The molecule has 3 unspecified atom stereocenters. The fourth-order valence-corrected chi connectivity index (χ4v) is 3.10. The number of carboxylic acids is 1. The Hall–Kier alpha value is -0.530. The van der Waals surface area contributed by atoms with Crippen LogP contribution in [0.25, 0.3) is 0 Å². The molecule has 0 aromatic rings. The number of aliphatic carboxylic acids is 1. The van der Waals surface area contributed by atoms with E-state index in [4.69, 9.17) is 0 Å². The summed E-state index contributed by atoms with van der Waals surface area (Å²) in [5.74, 6) is 0.454. The number of carboxylic acid groups (broad SMARTS) is 1. The molecule has 1 fully saturated rings. The lowest BCUT2D eigenvalue weighted by molar-refractivity contribution is -0.145. The van der Waals surface area contributed by atoms with Crippen molar-refractivity contribution in [1.29, 1.82) is 0 Å². The van der Waals surface area contributed by atoms with Crippen molar-refractivity contribution in [2.24, 2.45) is 17.8 Å². The fourth-order valence-electron chi connectivity index (χ4n) is 3.10. The van der Waals surface area contributed by atoms with Gasteiger partial charge < -0.3 is 5.11 Å². The van der Waals surface area contributed by atoms with E-state index < -0.39 is 5.97 Å². The summed E-state index contributed by atoms with van der Waals surface area (Å²) in [6.07, 6.45) is 7.91. The number of rotatable bonds is 5. The Morgan fingerprint density at radius 1 is 1.33 bits per heavy atom. The Balaban J connectivity index is 2.65. The highest BCUT2D eigenvalue weighted by Gasteiger charge is 2.34. The van der Waals surface area contributed by atoms with Crippen LogP contribution in [0.4, 0.5) is 0 Å². The van der Waals surface area contributed by atoms with E-state index in [0.29, 0.717) is 11.8 Å². The molecule has 0 bridgehead atoms. The molecule has 1 rings (SSSR count). The summed E-state index contributed by atoms with van der Waals surface area (Å²) in [7, 11) is 0. The van der Waals surface area contributed by atoms with E-state index in [-0.39, 0.29) is 5.92 Å². The van der Waals surface area contributed by atoms with Crippen LogP contribution in [0.1, 0.15) is 58.8 Å². The normalized spacial score (nSPS) is 28.7. The van der Waals surface area contributed by atoms with Gasteiger partial charge in [-0.2, -0.15) is 0 Å².